The number of hydrogen-bond donors (Lipinski definition) is 2. The molecule has 2 aromatic rings. The zero-order valence-electron chi connectivity index (χ0n) is 10.4. The van der Waals surface area contributed by atoms with Crippen LogP contribution in [0, 0.1) is 0 Å². The van der Waals surface area contributed by atoms with E-state index in [1.54, 1.807) is 12.3 Å². The largest absolute Gasteiger partial charge is 0.382 e. The molecule has 0 saturated heterocycles. The highest BCUT2D eigenvalue weighted by Gasteiger charge is 2.01. The van der Waals surface area contributed by atoms with Crippen LogP contribution in [0.15, 0.2) is 24.7 Å². The molecule has 0 radical (unpaired) electrons. The summed E-state index contributed by atoms with van der Waals surface area (Å²) in [5, 5.41) is 10.3. The number of ether oxygens (including phenoxy) is 1. The van der Waals surface area contributed by atoms with Crippen LogP contribution >= 0.6 is 0 Å². The maximum Gasteiger partial charge on any atom is 0.153 e. The molecule has 2 aromatic heterocycles. The first kappa shape index (κ1) is 12.5. The third-order valence-electron chi connectivity index (χ3n) is 2.41. The van der Waals surface area contributed by atoms with Crippen LogP contribution in [-0.4, -0.2) is 33.4 Å². The summed E-state index contributed by atoms with van der Waals surface area (Å²) in [5.41, 5.74) is 1.09. The van der Waals surface area contributed by atoms with Crippen molar-refractivity contribution in [2.45, 2.75) is 19.8 Å². The molecule has 0 bridgehead atoms. The summed E-state index contributed by atoms with van der Waals surface area (Å²) in [6.07, 6.45) is 5.10. The number of aromatic amines is 1. The number of anilines is 2. The molecule has 2 N–H and O–H groups in total. The minimum Gasteiger partial charge on any atom is -0.382 e. The number of H-pyrrole nitrogens is 1. The zero-order valence-corrected chi connectivity index (χ0v) is 10.4. The van der Waals surface area contributed by atoms with Gasteiger partial charge in [-0.2, -0.15) is 5.10 Å². The first-order chi connectivity index (χ1) is 8.88. The van der Waals surface area contributed by atoms with Crippen molar-refractivity contribution in [1.82, 2.24) is 20.2 Å². The highest BCUT2D eigenvalue weighted by atomic mass is 16.5. The molecule has 0 amide bonds. The molecule has 6 heteroatoms. The molecule has 0 aliphatic carbocycles. The van der Waals surface area contributed by atoms with Crippen molar-refractivity contribution in [3.05, 3.63) is 30.4 Å². The molecule has 0 aliphatic heterocycles. The average Bonchev–Trinajstić information content (AvgIpc) is 2.84. The van der Waals surface area contributed by atoms with Crippen molar-refractivity contribution in [2.24, 2.45) is 0 Å². The molecule has 0 saturated carbocycles. The molecule has 96 valence electrons. The van der Waals surface area contributed by atoms with Gasteiger partial charge in [0.25, 0.3) is 0 Å². The maximum atomic E-state index is 5.29. The number of rotatable bonds is 7. The minimum atomic E-state index is 0.734. The third kappa shape index (κ3) is 3.81. The van der Waals surface area contributed by atoms with E-state index in [0.717, 1.165) is 43.4 Å². The van der Waals surface area contributed by atoms with Crippen LogP contribution in [-0.2, 0) is 11.2 Å². The average molecular weight is 247 g/mol. The van der Waals surface area contributed by atoms with E-state index in [1.165, 1.54) is 6.33 Å². The van der Waals surface area contributed by atoms with Gasteiger partial charge in [-0.3, -0.25) is 5.10 Å². The topological polar surface area (TPSA) is 75.7 Å². The molecular weight excluding hydrogens is 230 g/mol. The molecule has 0 spiro atoms. The molecule has 2 rings (SSSR count). The highest BCUT2D eigenvalue weighted by molar-refractivity contribution is 5.50. The molecule has 0 unspecified atom stereocenters. The molecule has 0 fully saturated rings. The van der Waals surface area contributed by atoms with Crippen LogP contribution in [0.2, 0.25) is 0 Å². The standard InChI is InChI=1S/C12H17N5O/c1-2-18-7-3-4-10-8-12(17-16-10)15-11-5-6-13-9-14-11/h5-6,8-9H,2-4,7H2,1H3,(H2,13,14,15,16,17). The monoisotopic (exact) mass is 247 g/mol. The Morgan fingerprint density at radius 3 is 3.11 bits per heavy atom. The molecular formula is C12H17N5O. The molecule has 0 aromatic carbocycles. The predicted molar refractivity (Wildman–Crippen MR) is 68.7 cm³/mol. The van der Waals surface area contributed by atoms with E-state index in [0.29, 0.717) is 0 Å². The number of nitrogens with one attached hydrogen (secondary N) is 2. The third-order valence-corrected chi connectivity index (χ3v) is 2.41. The van der Waals surface area contributed by atoms with E-state index in [9.17, 15) is 0 Å². The van der Waals surface area contributed by atoms with Gasteiger partial charge in [0.1, 0.15) is 12.1 Å². The summed E-state index contributed by atoms with van der Waals surface area (Å²) in [7, 11) is 0. The van der Waals surface area contributed by atoms with Crippen molar-refractivity contribution in [3.63, 3.8) is 0 Å². The van der Waals surface area contributed by atoms with E-state index in [2.05, 4.69) is 25.5 Å². The predicted octanol–water partition coefficient (Wildman–Crippen LogP) is 1.91. The van der Waals surface area contributed by atoms with Crippen LogP contribution in [0.4, 0.5) is 11.6 Å². The Balaban J connectivity index is 1.83. The summed E-state index contributed by atoms with van der Waals surface area (Å²) in [6, 6.07) is 3.78. The Morgan fingerprint density at radius 1 is 1.39 bits per heavy atom. The van der Waals surface area contributed by atoms with Crippen molar-refractivity contribution in [3.8, 4) is 0 Å². The SMILES string of the molecule is CCOCCCc1cc(Nc2ccncn2)n[nH]1. The highest BCUT2D eigenvalue weighted by Crippen LogP contribution is 2.12. The van der Waals surface area contributed by atoms with Crippen molar-refractivity contribution in [2.75, 3.05) is 18.5 Å². The minimum absolute atomic E-state index is 0.734. The lowest BCUT2D eigenvalue weighted by molar-refractivity contribution is 0.145. The fourth-order valence-corrected chi connectivity index (χ4v) is 1.56. The summed E-state index contributed by atoms with van der Waals surface area (Å²) >= 11 is 0. The quantitative estimate of drug-likeness (QED) is 0.731. The van der Waals surface area contributed by atoms with Gasteiger partial charge >= 0.3 is 0 Å². The number of hydrogen-bond acceptors (Lipinski definition) is 5. The molecule has 18 heavy (non-hydrogen) atoms. The molecule has 0 aliphatic rings. The maximum absolute atomic E-state index is 5.29. The second kappa shape index (κ2) is 6.70. The van der Waals surface area contributed by atoms with Crippen LogP contribution in [0.3, 0.4) is 0 Å². The first-order valence-electron chi connectivity index (χ1n) is 6.03. The van der Waals surface area contributed by atoms with Gasteiger partial charge in [-0.1, -0.05) is 0 Å². The number of nitrogens with zero attached hydrogens (tertiary/aromatic N) is 3. The summed E-state index contributed by atoms with van der Waals surface area (Å²) in [4.78, 5) is 7.93. The smallest absolute Gasteiger partial charge is 0.153 e. The van der Waals surface area contributed by atoms with Crippen molar-refractivity contribution < 1.29 is 4.74 Å². The lowest BCUT2D eigenvalue weighted by Gasteiger charge is -1.99. The van der Waals surface area contributed by atoms with Gasteiger partial charge in [-0.05, 0) is 25.8 Å². The van der Waals surface area contributed by atoms with Crippen molar-refractivity contribution >= 4 is 11.6 Å². The van der Waals surface area contributed by atoms with Gasteiger partial charge in [0.15, 0.2) is 5.82 Å². The Hall–Kier alpha value is -1.95. The van der Waals surface area contributed by atoms with Gasteiger partial charge in [0.05, 0.1) is 0 Å². The van der Waals surface area contributed by atoms with Crippen LogP contribution in [0.5, 0.6) is 0 Å². The molecule has 2 heterocycles. The van der Waals surface area contributed by atoms with Crippen LogP contribution < -0.4 is 5.32 Å². The lowest BCUT2D eigenvalue weighted by atomic mass is 10.2. The van der Waals surface area contributed by atoms with Crippen LogP contribution in [0.25, 0.3) is 0 Å². The Bertz CT molecular complexity index is 457. The Kier molecular flexibility index (Phi) is 4.66. The summed E-state index contributed by atoms with van der Waals surface area (Å²) < 4.78 is 5.29. The van der Waals surface area contributed by atoms with E-state index < -0.39 is 0 Å². The zero-order chi connectivity index (χ0) is 12.6. The fraction of sp³-hybridized carbons (Fsp3) is 0.417. The normalized spacial score (nSPS) is 10.5. The second-order valence-corrected chi connectivity index (χ2v) is 3.80. The summed E-state index contributed by atoms with van der Waals surface area (Å²) in [6.45, 7) is 3.55. The first-order valence-corrected chi connectivity index (χ1v) is 6.03. The van der Waals surface area contributed by atoms with Gasteiger partial charge < -0.3 is 10.1 Å². The van der Waals surface area contributed by atoms with Gasteiger partial charge in [-0.25, -0.2) is 9.97 Å². The van der Waals surface area contributed by atoms with E-state index in [-0.39, 0.29) is 0 Å². The fourth-order valence-electron chi connectivity index (χ4n) is 1.56. The van der Waals surface area contributed by atoms with Gasteiger partial charge in [0, 0.05) is 31.2 Å². The van der Waals surface area contributed by atoms with Crippen molar-refractivity contribution in [1.29, 1.82) is 0 Å². The number of aromatic nitrogens is 4. The summed E-state index contributed by atoms with van der Waals surface area (Å²) in [5.74, 6) is 1.50. The second-order valence-electron chi connectivity index (χ2n) is 3.80. The van der Waals surface area contributed by atoms with Crippen LogP contribution in [0.1, 0.15) is 19.0 Å². The lowest BCUT2D eigenvalue weighted by Crippen LogP contribution is -1.96. The Labute approximate surface area is 106 Å². The number of aryl methyl sites for hydroxylation is 1. The molecule has 0 atom stereocenters. The van der Waals surface area contributed by atoms with Gasteiger partial charge in [-0.15, -0.1) is 0 Å². The Morgan fingerprint density at radius 2 is 2.33 bits per heavy atom. The van der Waals surface area contributed by atoms with E-state index >= 15 is 0 Å². The van der Waals surface area contributed by atoms with E-state index in [4.69, 9.17) is 4.74 Å². The van der Waals surface area contributed by atoms with E-state index in [1.807, 2.05) is 13.0 Å². The van der Waals surface area contributed by atoms with Gasteiger partial charge in [0.2, 0.25) is 0 Å². The molecule has 6 nitrogen and oxygen atoms in total.